The van der Waals surface area contributed by atoms with Crippen molar-refractivity contribution in [2.24, 2.45) is 0 Å². The molecule has 0 unspecified atom stereocenters. The summed E-state index contributed by atoms with van der Waals surface area (Å²) < 4.78 is 6.80. The lowest BCUT2D eigenvalue weighted by Gasteiger charge is -2.13. The molecule has 4 nitrogen and oxygen atoms in total. The van der Waals surface area contributed by atoms with Crippen molar-refractivity contribution in [3.63, 3.8) is 0 Å². The molecule has 2 rings (SSSR count). The summed E-state index contributed by atoms with van der Waals surface area (Å²) in [6.45, 7) is 7.99. The quantitative estimate of drug-likeness (QED) is 0.847. The number of rotatable bonds is 3. The minimum Gasteiger partial charge on any atom is -0.436 e. The number of hydrogen-bond donors (Lipinski definition) is 1. The summed E-state index contributed by atoms with van der Waals surface area (Å²) in [7, 11) is 0. The van der Waals surface area contributed by atoms with Crippen molar-refractivity contribution in [1.29, 1.82) is 0 Å². The first kappa shape index (κ1) is 14.8. The van der Waals surface area contributed by atoms with Gasteiger partial charge >= 0.3 is 0 Å². The van der Waals surface area contributed by atoms with E-state index in [1.165, 1.54) is 0 Å². The van der Waals surface area contributed by atoms with Crippen LogP contribution in [0.4, 0.5) is 5.69 Å². The van der Waals surface area contributed by atoms with E-state index in [2.05, 4.69) is 39.7 Å². The number of aryl methyl sites for hydroxylation is 2. The van der Waals surface area contributed by atoms with Crippen molar-refractivity contribution in [1.82, 2.24) is 9.97 Å². The van der Waals surface area contributed by atoms with Crippen LogP contribution >= 0.6 is 15.9 Å². The van der Waals surface area contributed by atoms with Crippen LogP contribution in [0.25, 0.3) is 0 Å². The van der Waals surface area contributed by atoms with Crippen LogP contribution in [-0.2, 0) is 0 Å². The van der Waals surface area contributed by atoms with Crippen molar-refractivity contribution in [2.75, 3.05) is 5.73 Å². The first-order chi connectivity index (χ1) is 9.36. The number of aromatic nitrogens is 2. The molecular formula is C15H18BrN3O. The fourth-order valence-corrected chi connectivity index (χ4v) is 2.46. The van der Waals surface area contributed by atoms with Gasteiger partial charge in [0.05, 0.1) is 5.69 Å². The van der Waals surface area contributed by atoms with Gasteiger partial charge in [-0.15, -0.1) is 0 Å². The molecule has 0 spiro atoms. The van der Waals surface area contributed by atoms with Gasteiger partial charge in [0.2, 0.25) is 5.88 Å². The molecule has 1 aromatic heterocycles. The first-order valence-electron chi connectivity index (χ1n) is 6.46. The molecule has 0 radical (unpaired) electrons. The summed E-state index contributed by atoms with van der Waals surface area (Å²) in [5.74, 6) is 2.19. The zero-order chi connectivity index (χ0) is 14.9. The van der Waals surface area contributed by atoms with Gasteiger partial charge in [0, 0.05) is 22.2 Å². The Morgan fingerprint density at radius 3 is 2.45 bits per heavy atom. The second kappa shape index (κ2) is 5.79. The predicted molar refractivity (Wildman–Crippen MR) is 84.2 cm³/mol. The molecule has 2 N–H and O–H groups in total. The molecule has 0 aliphatic carbocycles. The molecule has 0 aliphatic heterocycles. The number of nitrogens with two attached hydrogens (primary N) is 1. The third-order valence-electron chi connectivity index (χ3n) is 2.84. The smallest absolute Gasteiger partial charge is 0.222 e. The van der Waals surface area contributed by atoms with Gasteiger partial charge in [-0.05, 0) is 31.5 Å². The second-order valence-corrected chi connectivity index (χ2v) is 6.02. The summed E-state index contributed by atoms with van der Waals surface area (Å²) in [5, 5.41) is 0. The maximum absolute atomic E-state index is 6.01. The van der Waals surface area contributed by atoms with Crippen molar-refractivity contribution >= 4 is 21.6 Å². The molecule has 0 bridgehead atoms. The van der Waals surface area contributed by atoms with E-state index in [1.807, 2.05) is 32.0 Å². The average molecular weight is 336 g/mol. The standard InChI is InChI=1S/C15H18BrN3O/c1-8(2)15-18-10(4)6-13(19-15)20-14-9(3)5-11(16)7-12(14)17/h5-8H,17H2,1-4H3. The molecule has 106 valence electrons. The van der Waals surface area contributed by atoms with Crippen molar-refractivity contribution in [3.05, 3.63) is 39.8 Å². The lowest BCUT2D eigenvalue weighted by atomic mass is 10.2. The van der Waals surface area contributed by atoms with E-state index < -0.39 is 0 Å². The maximum Gasteiger partial charge on any atom is 0.222 e. The Labute approximate surface area is 127 Å². The Balaban J connectivity index is 2.40. The van der Waals surface area contributed by atoms with E-state index >= 15 is 0 Å². The maximum atomic E-state index is 6.01. The second-order valence-electron chi connectivity index (χ2n) is 5.10. The largest absolute Gasteiger partial charge is 0.436 e. The highest BCUT2D eigenvalue weighted by Crippen LogP contribution is 2.33. The average Bonchev–Trinajstić information content (AvgIpc) is 2.33. The molecule has 5 heteroatoms. The lowest BCUT2D eigenvalue weighted by Crippen LogP contribution is -2.02. The highest BCUT2D eigenvalue weighted by Gasteiger charge is 2.11. The van der Waals surface area contributed by atoms with Gasteiger partial charge in [0.1, 0.15) is 5.82 Å². The van der Waals surface area contributed by atoms with Crippen LogP contribution in [-0.4, -0.2) is 9.97 Å². The van der Waals surface area contributed by atoms with Crippen LogP contribution < -0.4 is 10.5 Å². The van der Waals surface area contributed by atoms with Gasteiger partial charge in [-0.2, -0.15) is 4.98 Å². The predicted octanol–water partition coefficient (Wildman–Crippen LogP) is 4.35. The summed E-state index contributed by atoms with van der Waals surface area (Å²) in [5.41, 5.74) is 8.43. The zero-order valence-electron chi connectivity index (χ0n) is 12.1. The van der Waals surface area contributed by atoms with Gasteiger partial charge in [0.15, 0.2) is 5.75 Å². The Morgan fingerprint density at radius 2 is 1.85 bits per heavy atom. The molecule has 0 atom stereocenters. The van der Waals surface area contributed by atoms with Crippen LogP contribution in [0, 0.1) is 13.8 Å². The number of halogens is 1. The molecule has 1 heterocycles. The normalized spacial score (nSPS) is 10.9. The van der Waals surface area contributed by atoms with Gasteiger partial charge in [-0.3, -0.25) is 0 Å². The third kappa shape index (κ3) is 3.28. The lowest BCUT2D eigenvalue weighted by molar-refractivity contribution is 0.454. The van der Waals surface area contributed by atoms with Crippen LogP contribution in [0.2, 0.25) is 0 Å². The Kier molecular flexibility index (Phi) is 4.28. The van der Waals surface area contributed by atoms with Crippen LogP contribution in [0.1, 0.15) is 36.8 Å². The van der Waals surface area contributed by atoms with E-state index in [-0.39, 0.29) is 5.92 Å². The summed E-state index contributed by atoms with van der Waals surface area (Å²) >= 11 is 3.41. The monoisotopic (exact) mass is 335 g/mol. The number of benzene rings is 1. The topological polar surface area (TPSA) is 61.0 Å². The van der Waals surface area contributed by atoms with Crippen LogP contribution in [0.5, 0.6) is 11.6 Å². The third-order valence-corrected chi connectivity index (χ3v) is 3.30. The minimum absolute atomic E-state index is 0.251. The molecule has 1 aromatic carbocycles. The fourth-order valence-electron chi connectivity index (χ4n) is 1.87. The Bertz CT molecular complexity index is 618. The molecular weight excluding hydrogens is 318 g/mol. The van der Waals surface area contributed by atoms with Gasteiger partial charge in [-0.1, -0.05) is 29.8 Å². The molecule has 0 fully saturated rings. The van der Waals surface area contributed by atoms with Crippen LogP contribution in [0.15, 0.2) is 22.7 Å². The SMILES string of the molecule is Cc1cc(Oc2c(C)cc(Br)cc2N)nc(C(C)C)n1. The fraction of sp³-hybridized carbons (Fsp3) is 0.333. The highest BCUT2D eigenvalue weighted by atomic mass is 79.9. The molecule has 0 saturated carbocycles. The van der Waals surface area contributed by atoms with E-state index in [1.54, 1.807) is 0 Å². The zero-order valence-corrected chi connectivity index (χ0v) is 13.7. The summed E-state index contributed by atoms with van der Waals surface area (Å²) in [6.07, 6.45) is 0. The van der Waals surface area contributed by atoms with Gasteiger partial charge < -0.3 is 10.5 Å². The van der Waals surface area contributed by atoms with Gasteiger partial charge in [0.25, 0.3) is 0 Å². The van der Waals surface area contributed by atoms with Crippen molar-refractivity contribution in [2.45, 2.75) is 33.6 Å². The minimum atomic E-state index is 0.251. The Morgan fingerprint density at radius 1 is 1.15 bits per heavy atom. The molecule has 0 saturated heterocycles. The highest BCUT2D eigenvalue weighted by molar-refractivity contribution is 9.10. The van der Waals surface area contributed by atoms with E-state index in [0.717, 1.165) is 21.6 Å². The van der Waals surface area contributed by atoms with Crippen molar-refractivity contribution < 1.29 is 4.74 Å². The molecule has 0 aliphatic rings. The number of nitrogen functional groups attached to an aromatic ring is 1. The molecule has 0 amide bonds. The summed E-state index contributed by atoms with van der Waals surface area (Å²) in [6, 6.07) is 5.59. The van der Waals surface area contributed by atoms with E-state index in [9.17, 15) is 0 Å². The number of hydrogen-bond acceptors (Lipinski definition) is 4. The van der Waals surface area contributed by atoms with Crippen molar-refractivity contribution in [3.8, 4) is 11.6 Å². The number of ether oxygens (including phenoxy) is 1. The Hall–Kier alpha value is -1.62. The van der Waals surface area contributed by atoms with Crippen LogP contribution in [0.3, 0.4) is 0 Å². The first-order valence-corrected chi connectivity index (χ1v) is 7.25. The molecule has 20 heavy (non-hydrogen) atoms. The van der Waals surface area contributed by atoms with E-state index in [4.69, 9.17) is 10.5 Å². The molecule has 2 aromatic rings. The number of anilines is 1. The van der Waals surface area contributed by atoms with Gasteiger partial charge in [-0.25, -0.2) is 4.98 Å². The number of nitrogens with zero attached hydrogens (tertiary/aromatic N) is 2. The summed E-state index contributed by atoms with van der Waals surface area (Å²) in [4.78, 5) is 8.84. The van der Waals surface area contributed by atoms with E-state index in [0.29, 0.717) is 17.3 Å².